The van der Waals surface area contributed by atoms with E-state index in [-0.39, 0.29) is 12.6 Å². The maximum absolute atomic E-state index is 9.45. The van der Waals surface area contributed by atoms with Crippen LogP contribution in [0.3, 0.4) is 0 Å². The standard InChI is InChI=1S/C17H19N3OS/c1-3-13(10-21)18-16-14-9-11(2)22-17(14)20-15(19-16)12-7-5-4-6-8-12/h4-9,13,21H,3,10H2,1-2H3,(H,18,19,20). The Morgan fingerprint density at radius 1 is 1.23 bits per heavy atom. The maximum atomic E-state index is 9.45. The number of nitrogens with one attached hydrogen (secondary N) is 1. The number of nitrogens with zero attached hydrogens (tertiary/aromatic N) is 2. The van der Waals surface area contributed by atoms with Crippen LogP contribution in [-0.2, 0) is 0 Å². The molecule has 1 aromatic carbocycles. The van der Waals surface area contributed by atoms with E-state index in [4.69, 9.17) is 9.97 Å². The van der Waals surface area contributed by atoms with Crippen molar-refractivity contribution in [2.75, 3.05) is 11.9 Å². The van der Waals surface area contributed by atoms with E-state index in [2.05, 4.69) is 18.3 Å². The van der Waals surface area contributed by atoms with Crippen LogP contribution in [-0.4, -0.2) is 27.7 Å². The minimum Gasteiger partial charge on any atom is -0.394 e. The SMILES string of the molecule is CCC(CO)Nc1nc(-c2ccccc2)nc2sc(C)cc12. The Morgan fingerprint density at radius 3 is 2.68 bits per heavy atom. The topological polar surface area (TPSA) is 58.0 Å². The smallest absolute Gasteiger partial charge is 0.163 e. The Morgan fingerprint density at radius 2 is 2.00 bits per heavy atom. The quantitative estimate of drug-likeness (QED) is 0.751. The van der Waals surface area contributed by atoms with Crippen LogP contribution in [0.2, 0.25) is 0 Å². The number of rotatable bonds is 5. The number of anilines is 1. The van der Waals surface area contributed by atoms with Crippen molar-refractivity contribution in [1.29, 1.82) is 0 Å². The van der Waals surface area contributed by atoms with Gasteiger partial charge in [-0.15, -0.1) is 11.3 Å². The van der Waals surface area contributed by atoms with E-state index in [1.807, 2.05) is 37.3 Å². The second kappa shape index (κ2) is 6.42. The number of benzene rings is 1. The minimum atomic E-state index is 0.00179. The summed E-state index contributed by atoms with van der Waals surface area (Å²) in [5, 5.41) is 13.8. The molecule has 0 saturated carbocycles. The molecule has 0 aliphatic carbocycles. The number of thiophene rings is 1. The highest BCUT2D eigenvalue weighted by molar-refractivity contribution is 7.18. The van der Waals surface area contributed by atoms with Gasteiger partial charge < -0.3 is 10.4 Å². The van der Waals surface area contributed by atoms with Crippen LogP contribution in [0, 0.1) is 6.92 Å². The fraction of sp³-hybridized carbons (Fsp3) is 0.294. The van der Waals surface area contributed by atoms with Gasteiger partial charge in [-0.05, 0) is 19.4 Å². The normalized spacial score (nSPS) is 12.5. The molecule has 0 spiro atoms. The van der Waals surface area contributed by atoms with Crippen molar-refractivity contribution in [2.45, 2.75) is 26.3 Å². The van der Waals surface area contributed by atoms with Crippen LogP contribution in [0.4, 0.5) is 5.82 Å². The molecule has 22 heavy (non-hydrogen) atoms. The van der Waals surface area contributed by atoms with E-state index < -0.39 is 0 Å². The molecular weight excluding hydrogens is 294 g/mol. The van der Waals surface area contributed by atoms with Crippen LogP contribution in [0.25, 0.3) is 21.6 Å². The van der Waals surface area contributed by atoms with Gasteiger partial charge in [0.25, 0.3) is 0 Å². The van der Waals surface area contributed by atoms with Gasteiger partial charge in [-0.1, -0.05) is 37.3 Å². The summed E-state index contributed by atoms with van der Waals surface area (Å²) in [4.78, 5) is 11.6. The summed E-state index contributed by atoms with van der Waals surface area (Å²) in [6.07, 6.45) is 0.839. The van der Waals surface area contributed by atoms with E-state index >= 15 is 0 Å². The molecule has 2 N–H and O–H groups in total. The van der Waals surface area contributed by atoms with E-state index in [9.17, 15) is 5.11 Å². The molecule has 1 unspecified atom stereocenters. The first-order valence-electron chi connectivity index (χ1n) is 7.42. The van der Waals surface area contributed by atoms with Crippen molar-refractivity contribution >= 4 is 27.4 Å². The molecule has 0 amide bonds. The molecule has 0 saturated heterocycles. The number of fused-ring (bicyclic) bond motifs is 1. The number of aromatic nitrogens is 2. The minimum absolute atomic E-state index is 0.00179. The second-order valence-corrected chi connectivity index (χ2v) is 6.50. The van der Waals surface area contributed by atoms with Gasteiger partial charge in [0.05, 0.1) is 18.0 Å². The predicted molar refractivity (Wildman–Crippen MR) is 92.4 cm³/mol. The highest BCUT2D eigenvalue weighted by atomic mass is 32.1. The number of hydrogen-bond acceptors (Lipinski definition) is 5. The fourth-order valence-corrected chi connectivity index (χ4v) is 3.22. The first-order valence-corrected chi connectivity index (χ1v) is 8.24. The summed E-state index contributed by atoms with van der Waals surface area (Å²) in [5.41, 5.74) is 0.996. The largest absolute Gasteiger partial charge is 0.394 e. The average Bonchev–Trinajstić information content (AvgIpc) is 2.93. The lowest BCUT2D eigenvalue weighted by Crippen LogP contribution is -2.23. The van der Waals surface area contributed by atoms with E-state index in [1.165, 1.54) is 4.88 Å². The van der Waals surface area contributed by atoms with Gasteiger partial charge in [0.2, 0.25) is 0 Å². The van der Waals surface area contributed by atoms with E-state index in [0.29, 0.717) is 5.82 Å². The van der Waals surface area contributed by atoms with Crippen molar-refractivity contribution in [3.8, 4) is 11.4 Å². The molecule has 0 aliphatic rings. The van der Waals surface area contributed by atoms with Gasteiger partial charge in [0.1, 0.15) is 10.6 Å². The molecule has 1 atom stereocenters. The third kappa shape index (κ3) is 2.96. The van der Waals surface area contributed by atoms with Gasteiger partial charge in [0.15, 0.2) is 5.82 Å². The van der Waals surface area contributed by atoms with Gasteiger partial charge in [-0.25, -0.2) is 9.97 Å². The van der Waals surface area contributed by atoms with Crippen LogP contribution < -0.4 is 5.32 Å². The van der Waals surface area contributed by atoms with Crippen LogP contribution in [0.1, 0.15) is 18.2 Å². The molecule has 0 bridgehead atoms. The molecule has 114 valence electrons. The van der Waals surface area contributed by atoms with Gasteiger partial charge in [-0.2, -0.15) is 0 Å². The summed E-state index contributed by atoms with van der Waals surface area (Å²) in [7, 11) is 0. The number of aryl methyl sites for hydroxylation is 1. The van der Waals surface area contributed by atoms with Crippen LogP contribution in [0.15, 0.2) is 36.4 Å². The van der Waals surface area contributed by atoms with Crippen LogP contribution in [0.5, 0.6) is 0 Å². The Kier molecular flexibility index (Phi) is 4.36. The monoisotopic (exact) mass is 313 g/mol. The Balaban J connectivity index is 2.12. The molecule has 3 rings (SSSR count). The summed E-state index contributed by atoms with van der Waals surface area (Å²) < 4.78 is 0. The molecule has 2 aromatic heterocycles. The average molecular weight is 313 g/mol. The summed E-state index contributed by atoms with van der Waals surface area (Å²) >= 11 is 1.66. The maximum Gasteiger partial charge on any atom is 0.163 e. The van der Waals surface area contributed by atoms with Crippen molar-refractivity contribution in [2.24, 2.45) is 0 Å². The lowest BCUT2D eigenvalue weighted by Gasteiger charge is -2.16. The molecule has 5 heteroatoms. The third-order valence-corrected chi connectivity index (χ3v) is 4.55. The zero-order valence-electron chi connectivity index (χ0n) is 12.7. The van der Waals surface area contributed by atoms with Crippen LogP contribution >= 0.6 is 11.3 Å². The van der Waals surface area contributed by atoms with Gasteiger partial charge in [-0.3, -0.25) is 0 Å². The second-order valence-electron chi connectivity index (χ2n) is 5.27. The zero-order chi connectivity index (χ0) is 15.5. The van der Waals surface area contributed by atoms with E-state index in [1.54, 1.807) is 11.3 Å². The molecule has 2 heterocycles. The fourth-order valence-electron chi connectivity index (χ4n) is 2.34. The third-order valence-electron chi connectivity index (χ3n) is 3.60. The molecule has 0 radical (unpaired) electrons. The number of hydrogen-bond donors (Lipinski definition) is 2. The lowest BCUT2D eigenvalue weighted by molar-refractivity contribution is 0.271. The highest BCUT2D eigenvalue weighted by Crippen LogP contribution is 2.31. The van der Waals surface area contributed by atoms with Crippen molar-refractivity contribution in [3.05, 3.63) is 41.3 Å². The Bertz CT molecular complexity index is 766. The molecule has 4 nitrogen and oxygen atoms in total. The van der Waals surface area contributed by atoms with Crippen molar-refractivity contribution in [3.63, 3.8) is 0 Å². The van der Waals surface area contributed by atoms with Gasteiger partial charge >= 0.3 is 0 Å². The summed E-state index contributed by atoms with van der Waals surface area (Å²) in [6.45, 7) is 4.21. The summed E-state index contributed by atoms with van der Waals surface area (Å²) in [5.74, 6) is 1.51. The Labute approximate surface area is 133 Å². The lowest BCUT2D eigenvalue weighted by atomic mass is 10.2. The first kappa shape index (κ1) is 14.9. The predicted octanol–water partition coefficient (Wildman–Crippen LogP) is 3.85. The molecule has 3 aromatic rings. The number of aliphatic hydroxyl groups excluding tert-OH is 1. The van der Waals surface area contributed by atoms with Crippen molar-refractivity contribution < 1.29 is 5.11 Å². The van der Waals surface area contributed by atoms with Crippen molar-refractivity contribution in [1.82, 2.24) is 9.97 Å². The molecule has 0 aliphatic heterocycles. The Hall–Kier alpha value is -1.98. The molecule has 0 fully saturated rings. The summed E-state index contributed by atoms with van der Waals surface area (Å²) in [6, 6.07) is 12.1. The highest BCUT2D eigenvalue weighted by Gasteiger charge is 2.14. The van der Waals surface area contributed by atoms with E-state index in [0.717, 1.165) is 28.0 Å². The molecular formula is C17H19N3OS. The van der Waals surface area contributed by atoms with Gasteiger partial charge in [0, 0.05) is 10.4 Å². The number of aliphatic hydroxyl groups is 1. The first-order chi connectivity index (χ1) is 10.7. The zero-order valence-corrected chi connectivity index (χ0v) is 13.5.